The van der Waals surface area contributed by atoms with Crippen LogP contribution in [0.1, 0.15) is 60.9 Å². The Bertz CT molecular complexity index is 1210. The van der Waals surface area contributed by atoms with Gasteiger partial charge in [-0.1, -0.05) is 25.6 Å². The number of likely N-dealkylation sites (tertiary alicyclic amines) is 1. The van der Waals surface area contributed by atoms with Crippen LogP contribution in [0.4, 0.5) is 4.39 Å². The molecule has 2 aliphatic rings. The summed E-state index contributed by atoms with van der Waals surface area (Å²) in [5.41, 5.74) is 8.28. The van der Waals surface area contributed by atoms with Crippen molar-refractivity contribution in [3.05, 3.63) is 88.7 Å². The van der Waals surface area contributed by atoms with Gasteiger partial charge >= 0.3 is 0 Å². The van der Waals surface area contributed by atoms with E-state index in [0.717, 1.165) is 67.8 Å². The summed E-state index contributed by atoms with van der Waals surface area (Å²) < 4.78 is 18.8. The summed E-state index contributed by atoms with van der Waals surface area (Å²) in [4.78, 5) is 6.75. The Kier molecular flexibility index (Phi) is 8.42. The van der Waals surface area contributed by atoms with E-state index >= 15 is 0 Å². The molecule has 1 fully saturated rings. The molecule has 1 aromatic heterocycles. The smallest absolute Gasteiger partial charge is 0.119 e. The second kappa shape index (κ2) is 11.7. The Hall–Kier alpha value is -3.18. The van der Waals surface area contributed by atoms with Gasteiger partial charge in [-0.2, -0.15) is 0 Å². The highest BCUT2D eigenvalue weighted by molar-refractivity contribution is 6.00. The van der Waals surface area contributed by atoms with Gasteiger partial charge in [-0.3, -0.25) is 14.3 Å². The Morgan fingerprint density at radius 3 is 2.67 bits per heavy atom. The standard InChI is InChI=1S/C30H33FN2O2.CH4/c1-21-16-24(19-32-18-21)28-5-2-4-23-17-25(34)8-11-29(23)30(28)22-6-9-26(10-7-22)35-27-12-15-33(20-27)14-3-13-31;/h6-11,16-19,27,34H,2-5,12-15,20H2,1H3;1H4/t27-;/m0./s1. The Morgan fingerprint density at radius 1 is 1.06 bits per heavy atom. The van der Waals surface area contributed by atoms with Crippen LogP contribution >= 0.6 is 0 Å². The number of hydrogen-bond acceptors (Lipinski definition) is 4. The van der Waals surface area contributed by atoms with Gasteiger partial charge in [0, 0.05) is 32.0 Å². The van der Waals surface area contributed by atoms with Gasteiger partial charge in [0.1, 0.15) is 17.6 Å². The molecule has 2 aromatic carbocycles. The molecule has 2 heterocycles. The van der Waals surface area contributed by atoms with Crippen molar-refractivity contribution >= 4 is 11.1 Å². The number of benzene rings is 2. The van der Waals surface area contributed by atoms with E-state index in [1.165, 1.54) is 22.3 Å². The minimum atomic E-state index is -0.261. The lowest BCUT2D eigenvalue weighted by Gasteiger charge is -2.18. The maximum Gasteiger partial charge on any atom is 0.119 e. The average Bonchev–Trinajstić information content (AvgIpc) is 3.22. The number of halogens is 1. The Labute approximate surface area is 214 Å². The summed E-state index contributed by atoms with van der Waals surface area (Å²) in [5.74, 6) is 1.18. The fraction of sp³-hybridized carbons (Fsp3) is 0.387. The third-order valence-electron chi connectivity index (χ3n) is 7.04. The molecule has 5 rings (SSSR count). The van der Waals surface area contributed by atoms with Crippen molar-refractivity contribution < 1.29 is 14.2 Å². The molecule has 1 aliphatic carbocycles. The van der Waals surface area contributed by atoms with Gasteiger partial charge in [0.15, 0.2) is 0 Å². The zero-order valence-corrected chi connectivity index (χ0v) is 20.3. The number of ether oxygens (including phenoxy) is 1. The lowest BCUT2D eigenvalue weighted by molar-refractivity contribution is 0.198. The first-order valence-corrected chi connectivity index (χ1v) is 12.6. The SMILES string of the molecule is C.Cc1cncc(C2=C(c3ccc(O[C@H]4CCN(CCCF)C4)cc3)c3ccc(O)cc3CCC2)c1. The fourth-order valence-corrected chi connectivity index (χ4v) is 5.38. The van der Waals surface area contributed by atoms with Crippen LogP contribution in [0.2, 0.25) is 0 Å². The van der Waals surface area contributed by atoms with Crippen molar-refractivity contribution in [3.63, 3.8) is 0 Å². The lowest BCUT2D eigenvalue weighted by atomic mass is 9.88. The van der Waals surface area contributed by atoms with Crippen LogP contribution in [0.25, 0.3) is 11.1 Å². The number of alkyl halides is 1. The van der Waals surface area contributed by atoms with E-state index in [2.05, 4.69) is 47.1 Å². The van der Waals surface area contributed by atoms with Crippen LogP contribution in [0.15, 0.2) is 60.9 Å². The van der Waals surface area contributed by atoms with Crippen LogP contribution < -0.4 is 4.74 Å². The molecule has 36 heavy (non-hydrogen) atoms. The molecule has 0 amide bonds. The number of fused-ring (bicyclic) bond motifs is 1. The molecule has 0 saturated carbocycles. The number of nitrogens with zero attached hydrogens (tertiary/aromatic N) is 2. The van der Waals surface area contributed by atoms with Crippen molar-refractivity contribution in [2.24, 2.45) is 0 Å². The second-order valence-electron chi connectivity index (χ2n) is 9.70. The maximum atomic E-state index is 12.5. The van der Waals surface area contributed by atoms with Gasteiger partial charge in [-0.25, -0.2) is 0 Å². The summed E-state index contributed by atoms with van der Waals surface area (Å²) in [6.45, 7) is 4.44. The summed E-state index contributed by atoms with van der Waals surface area (Å²) in [5, 5.41) is 10.1. The van der Waals surface area contributed by atoms with Gasteiger partial charge in [0.05, 0.1) is 6.67 Å². The number of hydrogen-bond donors (Lipinski definition) is 1. The number of aromatic hydroxyl groups is 1. The quantitative estimate of drug-likeness (QED) is 0.395. The molecule has 0 radical (unpaired) electrons. The van der Waals surface area contributed by atoms with E-state index in [-0.39, 0.29) is 20.2 Å². The molecule has 1 saturated heterocycles. The first-order valence-electron chi connectivity index (χ1n) is 12.6. The number of rotatable bonds is 7. The van der Waals surface area contributed by atoms with E-state index in [4.69, 9.17) is 4.74 Å². The van der Waals surface area contributed by atoms with E-state index in [1.807, 2.05) is 24.5 Å². The van der Waals surface area contributed by atoms with Crippen molar-refractivity contribution in [3.8, 4) is 11.5 Å². The average molecular weight is 489 g/mol. The van der Waals surface area contributed by atoms with E-state index in [1.54, 1.807) is 6.07 Å². The van der Waals surface area contributed by atoms with Crippen molar-refractivity contribution in [2.75, 3.05) is 26.3 Å². The number of phenols is 1. The molecule has 190 valence electrons. The molecule has 0 unspecified atom stereocenters. The zero-order chi connectivity index (χ0) is 24.2. The fourth-order valence-electron chi connectivity index (χ4n) is 5.38. The van der Waals surface area contributed by atoms with Gasteiger partial charge in [0.2, 0.25) is 0 Å². The summed E-state index contributed by atoms with van der Waals surface area (Å²) in [6, 6.07) is 16.3. The minimum absolute atomic E-state index is 0. The van der Waals surface area contributed by atoms with Gasteiger partial charge in [-0.05, 0) is 108 Å². The Morgan fingerprint density at radius 2 is 1.89 bits per heavy atom. The molecule has 0 spiro atoms. The molecular formula is C31H37FN2O2. The highest BCUT2D eigenvalue weighted by Crippen LogP contribution is 2.41. The van der Waals surface area contributed by atoms with Gasteiger partial charge in [-0.15, -0.1) is 0 Å². The van der Waals surface area contributed by atoms with Crippen LogP contribution in [0, 0.1) is 6.92 Å². The first-order chi connectivity index (χ1) is 17.1. The van der Waals surface area contributed by atoms with Gasteiger partial charge < -0.3 is 9.84 Å². The molecular weight excluding hydrogens is 451 g/mol. The highest BCUT2D eigenvalue weighted by atomic mass is 19.1. The largest absolute Gasteiger partial charge is 0.508 e. The second-order valence-corrected chi connectivity index (χ2v) is 9.70. The molecule has 4 nitrogen and oxygen atoms in total. The lowest BCUT2D eigenvalue weighted by Crippen LogP contribution is -2.26. The Balaban J connectivity index is 0.00000304. The van der Waals surface area contributed by atoms with Crippen LogP contribution in [0.3, 0.4) is 0 Å². The third-order valence-corrected chi connectivity index (χ3v) is 7.04. The number of pyridine rings is 1. The van der Waals surface area contributed by atoms with E-state index in [9.17, 15) is 9.50 Å². The minimum Gasteiger partial charge on any atom is -0.508 e. The number of aryl methyl sites for hydroxylation is 2. The predicted octanol–water partition coefficient (Wildman–Crippen LogP) is 6.84. The molecule has 3 aromatic rings. The van der Waals surface area contributed by atoms with Gasteiger partial charge in [0.25, 0.3) is 0 Å². The monoisotopic (exact) mass is 488 g/mol. The molecule has 1 aliphatic heterocycles. The molecule has 5 heteroatoms. The number of phenolic OH excluding ortho intramolecular Hbond substituents is 1. The van der Waals surface area contributed by atoms with E-state index < -0.39 is 0 Å². The molecule has 1 atom stereocenters. The molecule has 1 N–H and O–H groups in total. The zero-order valence-electron chi connectivity index (χ0n) is 20.3. The summed E-state index contributed by atoms with van der Waals surface area (Å²) in [6.07, 6.45) is 8.46. The highest BCUT2D eigenvalue weighted by Gasteiger charge is 2.24. The maximum absolute atomic E-state index is 12.5. The third kappa shape index (κ3) is 5.79. The normalized spacial score (nSPS) is 17.9. The number of aromatic nitrogens is 1. The molecule has 0 bridgehead atoms. The van der Waals surface area contributed by atoms with Crippen molar-refractivity contribution in [2.45, 2.75) is 52.6 Å². The van der Waals surface area contributed by atoms with Crippen LogP contribution in [-0.4, -0.2) is 47.4 Å². The predicted molar refractivity (Wildman–Crippen MR) is 145 cm³/mol. The van der Waals surface area contributed by atoms with Crippen molar-refractivity contribution in [1.29, 1.82) is 0 Å². The van der Waals surface area contributed by atoms with Crippen molar-refractivity contribution in [1.82, 2.24) is 9.88 Å². The number of allylic oxidation sites excluding steroid dienone is 1. The first kappa shape index (κ1) is 25.9. The van der Waals surface area contributed by atoms with E-state index in [0.29, 0.717) is 12.2 Å². The summed E-state index contributed by atoms with van der Waals surface area (Å²) >= 11 is 0. The van der Waals surface area contributed by atoms with Crippen LogP contribution in [-0.2, 0) is 6.42 Å². The summed E-state index contributed by atoms with van der Waals surface area (Å²) in [7, 11) is 0. The topological polar surface area (TPSA) is 45.6 Å². The van der Waals surface area contributed by atoms with Crippen LogP contribution in [0.5, 0.6) is 11.5 Å².